The molecule has 26 heavy (non-hydrogen) atoms. The van der Waals surface area contributed by atoms with Crippen molar-refractivity contribution in [1.82, 2.24) is 5.32 Å². The standard InChI is InChI=1S/C22H29NO3/c1-16-12-17(2)14-19(13-16)15-25-20-8-6-18(7-9-20)10-11-23-21(24)26-22(3,4)5/h6-9,12-14H,10-11,15H2,1-5H3,(H,23,24). The van der Waals surface area contributed by atoms with Gasteiger partial charge in [0.15, 0.2) is 0 Å². The molecular formula is C22H29NO3. The number of hydrogen-bond acceptors (Lipinski definition) is 3. The average Bonchev–Trinajstić information content (AvgIpc) is 2.51. The van der Waals surface area contributed by atoms with E-state index in [1.54, 1.807) is 0 Å². The molecule has 0 fully saturated rings. The van der Waals surface area contributed by atoms with Gasteiger partial charge in [-0.2, -0.15) is 0 Å². The number of rotatable bonds is 6. The van der Waals surface area contributed by atoms with Gasteiger partial charge in [0.05, 0.1) is 0 Å². The van der Waals surface area contributed by atoms with E-state index >= 15 is 0 Å². The molecule has 2 rings (SSSR count). The van der Waals surface area contributed by atoms with Gasteiger partial charge in [0, 0.05) is 6.54 Å². The van der Waals surface area contributed by atoms with Gasteiger partial charge in [-0.25, -0.2) is 4.79 Å². The number of carbonyl (C=O) groups excluding carboxylic acids is 1. The fraction of sp³-hybridized carbons (Fsp3) is 0.409. The van der Waals surface area contributed by atoms with E-state index in [1.807, 2.05) is 45.0 Å². The number of alkyl carbamates (subject to hydrolysis) is 1. The van der Waals surface area contributed by atoms with Gasteiger partial charge in [-0.15, -0.1) is 0 Å². The highest BCUT2D eigenvalue weighted by Gasteiger charge is 2.15. The van der Waals surface area contributed by atoms with E-state index in [0.717, 1.165) is 17.7 Å². The molecule has 0 heterocycles. The summed E-state index contributed by atoms with van der Waals surface area (Å²) in [6.45, 7) is 10.8. The Kier molecular flexibility index (Phi) is 6.67. The number of ether oxygens (including phenoxy) is 2. The highest BCUT2D eigenvalue weighted by Crippen LogP contribution is 2.16. The normalized spacial score (nSPS) is 11.1. The molecule has 0 aliphatic heterocycles. The van der Waals surface area contributed by atoms with Crippen LogP contribution in [0.2, 0.25) is 0 Å². The van der Waals surface area contributed by atoms with Crippen LogP contribution in [0.5, 0.6) is 5.75 Å². The summed E-state index contributed by atoms with van der Waals surface area (Å²) in [4.78, 5) is 11.6. The molecule has 1 amide bonds. The topological polar surface area (TPSA) is 47.6 Å². The predicted octanol–water partition coefficient (Wildman–Crippen LogP) is 4.95. The van der Waals surface area contributed by atoms with Crippen molar-refractivity contribution in [2.75, 3.05) is 6.54 Å². The van der Waals surface area contributed by atoms with E-state index < -0.39 is 5.60 Å². The fourth-order valence-electron chi connectivity index (χ4n) is 2.69. The van der Waals surface area contributed by atoms with Crippen molar-refractivity contribution in [2.45, 2.75) is 53.2 Å². The first-order valence-corrected chi connectivity index (χ1v) is 8.97. The molecule has 0 saturated carbocycles. The first-order valence-electron chi connectivity index (χ1n) is 8.97. The number of benzene rings is 2. The summed E-state index contributed by atoms with van der Waals surface area (Å²) in [6.07, 6.45) is 0.363. The Morgan fingerprint density at radius 2 is 1.58 bits per heavy atom. The van der Waals surface area contributed by atoms with Crippen molar-refractivity contribution in [2.24, 2.45) is 0 Å². The van der Waals surface area contributed by atoms with Crippen LogP contribution in [0.15, 0.2) is 42.5 Å². The van der Waals surface area contributed by atoms with Crippen molar-refractivity contribution in [1.29, 1.82) is 0 Å². The van der Waals surface area contributed by atoms with Gasteiger partial charge in [0.2, 0.25) is 0 Å². The summed E-state index contributed by atoms with van der Waals surface area (Å²) in [5.74, 6) is 0.841. The van der Waals surface area contributed by atoms with Crippen molar-refractivity contribution in [3.8, 4) is 5.75 Å². The second kappa shape index (κ2) is 8.75. The van der Waals surface area contributed by atoms with Crippen LogP contribution in [0.3, 0.4) is 0 Å². The maximum atomic E-state index is 11.6. The molecule has 0 aliphatic carbocycles. The van der Waals surface area contributed by atoms with Crippen LogP contribution < -0.4 is 10.1 Å². The molecule has 0 radical (unpaired) electrons. The molecule has 0 aliphatic rings. The number of nitrogens with one attached hydrogen (secondary N) is 1. The zero-order chi connectivity index (χ0) is 19.2. The summed E-state index contributed by atoms with van der Waals surface area (Å²) in [7, 11) is 0. The minimum atomic E-state index is -0.473. The molecule has 4 heteroatoms. The molecule has 0 spiro atoms. The maximum Gasteiger partial charge on any atom is 0.407 e. The smallest absolute Gasteiger partial charge is 0.407 e. The summed E-state index contributed by atoms with van der Waals surface area (Å²) in [5.41, 5.74) is 4.33. The van der Waals surface area contributed by atoms with E-state index in [9.17, 15) is 4.79 Å². The SMILES string of the molecule is Cc1cc(C)cc(COc2ccc(CCNC(=O)OC(C)(C)C)cc2)c1. The lowest BCUT2D eigenvalue weighted by molar-refractivity contribution is 0.0528. The minimum absolute atomic E-state index is 0.383. The third kappa shape index (κ3) is 7.18. The Balaban J connectivity index is 1.78. The Morgan fingerprint density at radius 1 is 0.962 bits per heavy atom. The summed E-state index contributed by atoms with van der Waals surface area (Å²) in [5, 5.41) is 2.77. The van der Waals surface area contributed by atoms with Crippen molar-refractivity contribution >= 4 is 6.09 Å². The zero-order valence-electron chi connectivity index (χ0n) is 16.4. The minimum Gasteiger partial charge on any atom is -0.489 e. The number of amides is 1. The Labute approximate surface area is 156 Å². The molecule has 2 aromatic rings. The van der Waals surface area contributed by atoms with Crippen LogP contribution in [-0.4, -0.2) is 18.2 Å². The summed E-state index contributed by atoms with van der Waals surface area (Å²) >= 11 is 0. The third-order valence-corrected chi connectivity index (χ3v) is 3.69. The molecule has 0 atom stereocenters. The predicted molar refractivity (Wildman–Crippen MR) is 105 cm³/mol. The molecule has 0 aromatic heterocycles. The molecule has 2 aromatic carbocycles. The van der Waals surface area contributed by atoms with Crippen molar-refractivity contribution in [3.05, 3.63) is 64.7 Å². The summed E-state index contributed by atoms with van der Waals surface area (Å²) < 4.78 is 11.1. The third-order valence-electron chi connectivity index (χ3n) is 3.69. The Morgan fingerprint density at radius 3 is 2.15 bits per heavy atom. The lowest BCUT2D eigenvalue weighted by Gasteiger charge is -2.19. The molecule has 0 bridgehead atoms. The first-order chi connectivity index (χ1) is 12.2. The van der Waals surface area contributed by atoms with Crippen molar-refractivity contribution < 1.29 is 14.3 Å². The van der Waals surface area contributed by atoms with E-state index in [1.165, 1.54) is 16.7 Å². The van der Waals surface area contributed by atoms with Gasteiger partial charge in [-0.1, -0.05) is 41.5 Å². The van der Waals surface area contributed by atoms with Crippen LogP contribution in [-0.2, 0) is 17.8 Å². The molecule has 140 valence electrons. The van der Waals surface area contributed by atoms with Crippen LogP contribution >= 0.6 is 0 Å². The number of hydrogen-bond donors (Lipinski definition) is 1. The van der Waals surface area contributed by atoms with Crippen LogP contribution in [0.4, 0.5) is 4.79 Å². The van der Waals surface area contributed by atoms with Gasteiger partial charge in [-0.3, -0.25) is 0 Å². The second-order valence-corrected chi connectivity index (χ2v) is 7.61. The lowest BCUT2D eigenvalue weighted by atomic mass is 10.1. The van der Waals surface area contributed by atoms with Crippen LogP contribution in [0, 0.1) is 13.8 Å². The quantitative estimate of drug-likeness (QED) is 0.797. The molecular weight excluding hydrogens is 326 g/mol. The van der Waals surface area contributed by atoms with Gasteiger partial charge in [0.25, 0.3) is 0 Å². The Hall–Kier alpha value is -2.49. The molecule has 0 saturated heterocycles. The Bertz CT molecular complexity index is 710. The fourth-order valence-corrected chi connectivity index (χ4v) is 2.69. The molecule has 4 nitrogen and oxygen atoms in total. The maximum absolute atomic E-state index is 11.6. The zero-order valence-corrected chi connectivity index (χ0v) is 16.4. The van der Waals surface area contributed by atoms with E-state index in [2.05, 4.69) is 37.4 Å². The van der Waals surface area contributed by atoms with E-state index in [0.29, 0.717) is 13.2 Å². The highest BCUT2D eigenvalue weighted by molar-refractivity contribution is 5.67. The average molecular weight is 355 g/mol. The van der Waals surface area contributed by atoms with E-state index in [-0.39, 0.29) is 6.09 Å². The number of carbonyl (C=O) groups is 1. The monoisotopic (exact) mass is 355 g/mol. The largest absolute Gasteiger partial charge is 0.489 e. The van der Waals surface area contributed by atoms with Crippen molar-refractivity contribution in [3.63, 3.8) is 0 Å². The van der Waals surface area contributed by atoms with Gasteiger partial charge in [-0.05, 0) is 64.3 Å². The first kappa shape index (κ1) is 19.8. The van der Waals surface area contributed by atoms with Gasteiger partial charge >= 0.3 is 6.09 Å². The second-order valence-electron chi connectivity index (χ2n) is 7.61. The van der Waals surface area contributed by atoms with Crippen LogP contribution in [0.1, 0.15) is 43.0 Å². The van der Waals surface area contributed by atoms with Crippen LogP contribution in [0.25, 0.3) is 0 Å². The molecule has 0 unspecified atom stereocenters. The lowest BCUT2D eigenvalue weighted by Crippen LogP contribution is -2.33. The number of aryl methyl sites for hydroxylation is 2. The highest BCUT2D eigenvalue weighted by atomic mass is 16.6. The summed E-state index contributed by atoms with van der Waals surface area (Å²) in [6, 6.07) is 14.4. The van der Waals surface area contributed by atoms with Gasteiger partial charge < -0.3 is 14.8 Å². The molecule has 1 N–H and O–H groups in total. The van der Waals surface area contributed by atoms with Gasteiger partial charge in [0.1, 0.15) is 18.0 Å². The van der Waals surface area contributed by atoms with E-state index in [4.69, 9.17) is 9.47 Å².